The molecule has 6 rings (SSSR count). The van der Waals surface area contributed by atoms with Crippen LogP contribution >= 0.6 is 0 Å². The lowest BCUT2D eigenvalue weighted by Crippen LogP contribution is -2.19. The lowest BCUT2D eigenvalue weighted by atomic mass is 10.1. The maximum Gasteiger partial charge on any atom is 0.323 e. The number of nitrogens with zero attached hydrogens (tertiary/aromatic N) is 2. The number of benzene rings is 4. The minimum Gasteiger partial charge on any atom is -0.436 e. The predicted octanol–water partition coefficient (Wildman–Crippen LogP) is 7.34. The van der Waals surface area contributed by atoms with E-state index in [0.29, 0.717) is 34.1 Å². The topological polar surface area (TPSA) is 95.8 Å². The number of aromatic nitrogens is 3. The summed E-state index contributed by atoms with van der Waals surface area (Å²) < 4.78 is 19.2. The van der Waals surface area contributed by atoms with Crippen LogP contribution < -0.4 is 10.6 Å². The van der Waals surface area contributed by atoms with E-state index in [1.807, 2.05) is 48.5 Å². The molecule has 0 fully saturated rings. The van der Waals surface area contributed by atoms with Gasteiger partial charge in [-0.15, -0.1) is 0 Å². The first kappa shape index (κ1) is 22.2. The van der Waals surface area contributed by atoms with E-state index in [0.717, 1.165) is 22.2 Å². The summed E-state index contributed by atoms with van der Waals surface area (Å²) in [6, 6.07) is 28.4. The van der Waals surface area contributed by atoms with Crippen molar-refractivity contribution in [2.75, 3.05) is 10.6 Å². The van der Waals surface area contributed by atoms with Crippen molar-refractivity contribution in [1.29, 1.82) is 0 Å². The molecule has 7 nitrogen and oxygen atoms in total. The zero-order valence-corrected chi connectivity index (χ0v) is 19.4. The van der Waals surface area contributed by atoms with Crippen LogP contribution in [-0.2, 0) is 0 Å². The molecule has 0 bridgehead atoms. The highest BCUT2D eigenvalue weighted by atomic mass is 19.1. The molecule has 0 spiro atoms. The number of nitrogens with one attached hydrogen (secondary N) is 3. The lowest BCUT2D eigenvalue weighted by molar-refractivity contribution is 0.262. The van der Waals surface area contributed by atoms with Crippen molar-refractivity contribution in [1.82, 2.24) is 15.2 Å². The van der Waals surface area contributed by atoms with Gasteiger partial charge in [0, 0.05) is 23.1 Å². The minimum absolute atomic E-state index is 0.371. The van der Waals surface area contributed by atoms with E-state index in [1.54, 1.807) is 18.3 Å². The molecule has 2 amide bonds. The third-order valence-corrected chi connectivity index (χ3v) is 5.86. The highest BCUT2D eigenvalue weighted by Crippen LogP contribution is 2.34. The van der Waals surface area contributed by atoms with Gasteiger partial charge in [-0.25, -0.2) is 14.2 Å². The second kappa shape index (κ2) is 9.43. The number of carbonyl (C=O) groups is 1. The number of halogens is 1. The third-order valence-electron chi connectivity index (χ3n) is 5.86. The molecule has 0 unspecified atom stereocenters. The number of rotatable bonds is 5. The molecule has 0 radical (unpaired) electrons. The van der Waals surface area contributed by atoms with E-state index in [2.05, 4.69) is 33.0 Å². The van der Waals surface area contributed by atoms with E-state index in [-0.39, 0.29) is 5.82 Å². The Kier molecular flexibility index (Phi) is 5.67. The summed E-state index contributed by atoms with van der Waals surface area (Å²) in [6.45, 7) is 0. The highest BCUT2D eigenvalue weighted by molar-refractivity contribution is 6.00. The molecular formula is C29H20FN5O2. The molecule has 3 N–H and O–H groups in total. The van der Waals surface area contributed by atoms with Crippen molar-refractivity contribution in [3.05, 3.63) is 109 Å². The summed E-state index contributed by atoms with van der Waals surface area (Å²) in [7, 11) is 0. The van der Waals surface area contributed by atoms with E-state index in [4.69, 9.17) is 9.40 Å². The molecule has 0 aliphatic carbocycles. The van der Waals surface area contributed by atoms with Gasteiger partial charge in [-0.3, -0.25) is 5.10 Å². The van der Waals surface area contributed by atoms with Crippen LogP contribution in [0.3, 0.4) is 0 Å². The Bertz CT molecular complexity index is 1710. The van der Waals surface area contributed by atoms with E-state index in [9.17, 15) is 9.18 Å². The number of hydrogen-bond acceptors (Lipinski definition) is 4. The molecule has 0 atom stereocenters. The first-order chi connectivity index (χ1) is 18.1. The first-order valence-electron chi connectivity index (χ1n) is 11.6. The number of H-pyrrole nitrogens is 1. The Morgan fingerprint density at radius 3 is 2.41 bits per heavy atom. The Morgan fingerprint density at radius 1 is 0.784 bits per heavy atom. The first-order valence-corrected chi connectivity index (χ1v) is 11.6. The van der Waals surface area contributed by atoms with Crippen molar-refractivity contribution < 1.29 is 13.6 Å². The fourth-order valence-electron chi connectivity index (χ4n) is 4.10. The van der Waals surface area contributed by atoms with Gasteiger partial charge in [0.15, 0.2) is 5.58 Å². The maximum absolute atomic E-state index is 13.1. The van der Waals surface area contributed by atoms with Gasteiger partial charge in [-0.1, -0.05) is 48.5 Å². The summed E-state index contributed by atoms with van der Waals surface area (Å²) >= 11 is 0. The monoisotopic (exact) mass is 489 g/mol. The molecule has 37 heavy (non-hydrogen) atoms. The molecule has 0 saturated carbocycles. The standard InChI is InChI=1S/C29H20FN5O2/c30-21-10-12-22(13-11-21)32-29(36)33-23-8-4-7-20(15-23)27-24(17-31-35-27)28-34-25-16-19(9-14-26(25)37-28)18-5-2-1-3-6-18/h1-17H,(H,31,35)(H2,32,33,36). The lowest BCUT2D eigenvalue weighted by Gasteiger charge is -2.09. The molecule has 8 heteroatoms. The number of carbonyl (C=O) groups excluding carboxylic acids is 1. The molecule has 6 aromatic rings. The fourth-order valence-corrected chi connectivity index (χ4v) is 4.10. The van der Waals surface area contributed by atoms with Crippen LogP contribution in [0.15, 0.2) is 108 Å². The van der Waals surface area contributed by atoms with Crippen LogP contribution in [0.25, 0.3) is 44.9 Å². The van der Waals surface area contributed by atoms with Gasteiger partial charge >= 0.3 is 6.03 Å². The van der Waals surface area contributed by atoms with Crippen LogP contribution in [0.4, 0.5) is 20.6 Å². The zero-order chi connectivity index (χ0) is 25.2. The van der Waals surface area contributed by atoms with Crippen molar-refractivity contribution >= 4 is 28.5 Å². The zero-order valence-electron chi connectivity index (χ0n) is 19.4. The van der Waals surface area contributed by atoms with E-state index in [1.165, 1.54) is 24.3 Å². The molecule has 0 aliphatic rings. The van der Waals surface area contributed by atoms with E-state index >= 15 is 0 Å². The largest absolute Gasteiger partial charge is 0.436 e. The maximum atomic E-state index is 13.1. The van der Waals surface area contributed by atoms with E-state index < -0.39 is 6.03 Å². The third kappa shape index (κ3) is 4.68. The number of urea groups is 1. The molecule has 2 aromatic heterocycles. The number of fused-ring (bicyclic) bond motifs is 1. The number of anilines is 2. The Balaban J connectivity index is 1.26. The average Bonchev–Trinajstić information content (AvgIpc) is 3.57. The summed E-state index contributed by atoms with van der Waals surface area (Å²) in [5.74, 6) is 0.0698. The highest BCUT2D eigenvalue weighted by Gasteiger charge is 2.17. The van der Waals surface area contributed by atoms with Crippen molar-refractivity contribution in [2.45, 2.75) is 0 Å². The summed E-state index contributed by atoms with van der Waals surface area (Å²) in [5, 5.41) is 12.8. The van der Waals surface area contributed by atoms with Gasteiger partial charge in [0.2, 0.25) is 5.89 Å². The normalized spacial score (nSPS) is 10.9. The number of oxazole rings is 1. The van der Waals surface area contributed by atoms with Crippen LogP contribution in [0.1, 0.15) is 0 Å². The van der Waals surface area contributed by atoms with Gasteiger partial charge in [0.25, 0.3) is 0 Å². The van der Waals surface area contributed by atoms with Crippen molar-refractivity contribution in [3.63, 3.8) is 0 Å². The smallest absolute Gasteiger partial charge is 0.323 e. The van der Waals surface area contributed by atoms with Crippen LogP contribution in [-0.4, -0.2) is 21.2 Å². The number of amides is 2. The fraction of sp³-hybridized carbons (Fsp3) is 0. The SMILES string of the molecule is O=C(Nc1ccc(F)cc1)Nc1cccc(-c2n[nH]cc2-c2nc3cc(-c4ccccc4)ccc3o2)c1. The number of aromatic amines is 1. The van der Waals surface area contributed by atoms with Gasteiger partial charge in [-0.2, -0.15) is 5.10 Å². The molecular weight excluding hydrogens is 469 g/mol. The summed E-state index contributed by atoms with van der Waals surface area (Å²) in [6.07, 6.45) is 1.74. The van der Waals surface area contributed by atoms with Crippen LogP contribution in [0.2, 0.25) is 0 Å². The molecule has 2 heterocycles. The second-order valence-corrected chi connectivity index (χ2v) is 8.38. The average molecular weight is 490 g/mol. The second-order valence-electron chi connectivity index (χ2n) is 8.38. The van der Waals surface area contributed by atoms with Gasteiger partial charge < -0.3 is 15.1 Å². The molecule has 0 aliphatic heterocycles. The van der Waals surface area contributed by atoms with Crippen molar-refractivity contribution in [2.24, 2.45) is 0 Å². The predicted molar refractivity (Wildman–Crippen MR) is 142 cm³/mol. The summed E-state index contributed by atoms with van der Waals surface area (Å²) in [4.78, 5) is 17.1. The van der Waals surface area contributed by atoms with Crippen LogP contribution in [0.5, 0.6) is 0 Å². The number of hydrogen-bond donors (Lipinski definition) is 3. The molecule has 180 valence electrons. The molecule has 0 saturated heterocycles. The minimum atomic E-state index is -0.445. The van der Waals surface area contributed by atoms with Crippen LogP contribution in [0, 0.1) is 5.82 Å². The van der Waals surface area contributed by atoms with Gasteiger partial charge in [0.05, 0.1) is 5.56 Å². The molecule has 4 aromatic carbocycles. The quantitative estimate of drug-likeness (QED) is 0.236. The Hall–Kier alpha value is -5.24. The van der Waals surface area contributed by atoms with Gasteiger partial charge in [0.1, 0.15) is 17.0 Å². The van der Waals surface area contributed by atoms with Crippen molar-refractivity contribution in [3.8, 4) is 33.8 Å². The summed E-state index contributed by atoms with van der Waals surface area (Å²) in [5.41, 5.74) is 6.73. The Labute approximate surface area is 211 Å². The Morgan fingerprint density at radius 2 is 1.57 bits per heavy atom. The van der Waals surface area contributed by atoms with Gasteiger partial charge in [-0.05, 0) is 59.7 Å².